The van der Waals surface area contributed by atoms with Crippen LogP contribution in [0, 0.1) is 13.8 Å². The van der Waals surface area contributed by atoms with Gasteiger partial charge in [0.2, 0.25) is 5.13 Å². The first kappa shape index (κ1) is 20.5. The van der Waals surface area contributed by atoms with E-state index in [1.165, 1.54) is 27.7 Å². The van der Waals surface area contributed by atoms with Gasteiger partial charge in [0.1, 0.15) is 5.82 Å². The predicted molar refractivity (Wildman–Crippen MR) is 122 cm³/mol. The molecule has 2 heterocycles. The number of para-hydroxylation sites is 2. The Labute approximate surface area is 181 Å². The maximum Gasteiger partial charge on any atom is 0.267 e. The monoisotopic (exact) mass is 439 g/mol. The van der Waals surface area contributed by atoms with E-state index in [0.29, 0.717) is 38.5 Å². The molecule has 0 aliphatic carbocycles. The molecule has 0 spiro atoms. The van der Waals surface area contributed by atoms with Crippen LogP contribution in [0.25, 0.3) is 16.0 Å². The number of rotatable bonds is 7. The zero-order chi connectivity index (χ0) is 21.1. The number of aliphatic hydroxyl groups is 1. The molecule has 154 valence electrons. The van der Waals surface area contributed by atoms with Crippen molar-refractivity contribution in [3.8, 4) is 5.13 Å². The third kappa shape index (κ3) is 4.38. The first-order chi connectivity index (χ1) is 14.5. The second kappa shape index (κ2) is 8.95. The Morgan fingerprint density at radius 3 is 2.73 bits per heavy atom. The number of aromatic nitrogens is 4. The van der Waals surface area contributed by atoms with Gasteiger partial charge in [-0.3, -0.25) is 4.79 Å². The van der Waals surface area contributed by atoms with E-state index in [-0.39, 0.29) is 5.56 Å². The topological polar surface area (TPSA) is 92.9 Å². The zero-order valence-corrected chi connectivity index (χ0v) is 18.2. The van der Waals surface area contributed by atoms with Crippen molar-refractivity contribution in [1.82, 2.24) is 19.7 Å². The lowest BCUT2D eigenvalue weighted by molar-refractivity contribution is 0.213. The zero-order valence-electron chi connectivity index (χ0n) is 16.6. The molecule has 2 aromatic carbocycles. The standard InChI is InChI=1S/C21H21N5O2S2/c1-13-7-3-5-9-17(13)22-11-15(27)12-29-21-25-24-20(30-21)26-14(2)23-18-10-6-4-8-16(18)19(26)28/h3-10,15,22,27H,11-12H2,1-2H3. The number of hydrogen-bond acceptors (Lipinski definition) is 8. The second-order valence-corrected chi connectivity index (χ2v) is 9.05. The van der Waals surface area contributed by atoms with Crippen LogP contribution >= 0.6 is 23.1 Å². The smallest absolute Gasteiger partial charge is 0.267 e. The number of aryl methyl sites for hydroxylation is 2. The number of anilines is 1. The summed E-state index contributed by atoms with van der Waals surface area (Å²) in [7, 11) is 0. The molecule has 0 saturated heterocycles. The summed E-state index contributed by atoms with van der Waals surface area (Å²) in [4.78, 5) is 17.4. The molecule has 0 amide bonds. The summed E-state index contributed by atoms with van der Waals surface area (Å²) in [5.41, 5.74) is 2.65. The number of benzene rings is 2. The van der Waals surface area contributed by atoms with Gasteiger partial charge in [-0.05, 0) is 37.6 Å². The third-order valence-electron chi connectivity index (χ3n) is 4.60. The average molecular weight is 440 g/mol. The van der Waals surface area contributed by atoms with E-state index in [2.05, 4.69) is 20.5 Å². The molecule has 7 nitrogen and oxygen atoms in total. The van der Waals surface area contributed by atoms with E-state index in [1.54, 1.807) is 13.0 Å². The van der Waals surface area contributed by atoms with Crippen LogP contribution < -0.4 is 10.9 Å². The Morgan fingerprint density at radius 1 is 1.13 bits per heavy atom. The van der Waals surface area contributed by atoms with E-state index < -0.39 is 6.10 Å². The van der Waals surface area contributed by atoms with E-state index in [1.807, 2.05) is 49.4 Å². The van der Waals surface area contributed by atoms with Crippen molar-refractivity contribution >= 4 is 39.7 Å². The van der Waals surface area contributed by atoms with Crippen molar-refractivity contribution in [3.63, 3.8) is 0 Å². The van der Waals surface area contributed by atoms with Gasteiger partial charge in [0, 0.05) is 18.0 Å². The Balaban J connectivity index is 1.43. The van der Waals surface area contributed by atoms with E-state index >= 15 is 0 Å². The van der Waals surface area contributed by atoms with E-state index in [9.17, 15) is 9.90 Å². The van der Waals surface area contributed by atoms with Gasteiger partial charge < -0.3 is 10.4 Å². The van der Waals surface area contributed by atoms with Crippen molar-refractivity contribution in [2.75, 3.05) is 17.6 Å². The fourth-order valence-corrected chi connectivity index (χ4v) is 4.89. The van der Waals surface area contributed by atoms with E-state index in [0.717, 1.165) is 11.3 Å². The maximum absolute atomic E-state index is 12.9. The number of nitrogens with one attached hydrogen (secondary N) is 1. The molecule has 0 aliphatic heterocycles. The molecule has 9 heteroatoms. The molecule has 2 N–H and O–H groups in total. The van der Waals surface area contributed by atoms with Gasteiger partial charge in [0.25, 0.3) is 5.56 Å². The van der Waals surface area contributed by atoms with Crippen LogP contribution in [0.4, 0.5) is 5.69 Å². The highest BCUT2D eigenvalue weighted by molar-refractivity contribution is 8.01. The molecule has 2 aromatic heterocycles. The summed E-state index contributed by atoms with van der Waals surface area (Å²) in [6.45, 7) is 4.25. The van der Waals surface area contributed by atoms with Crippen LogP contribution in [0.15, 0.2) is 57.7 Å². The molecule has 0 radical (unpaired) electrons. The molecule has 0 fully saturated rings. The van der Waals surface area contributed by atoms with Crippen LogP contribution in [0.5, 0.6) is 0 Å². The minimum Gasteiger partial charge on any atom is -0.390 e. The molecule has 0 aliphatic rings. The second-order valence-electron chi connectivity index (χ2n) is 6.83. The minimum absolute atomic E-state index is 0.159. The molecule has 4 rings (SSSR count). The number of thioether (sulfide) groups is 1. The minimum atomic E-state index is -0.547. The average Bonchev–Trinajstić information content (AvgIpc) is 3.20. The lowest BCUT2D eigenvalue weighted by atomic mass is 10.2. The van der Waals surface area contributed by atoms with Gasteiger partial charge in [-0.1, -0.05) is 53.4 Å². The molecule has 0 saturated carbocycles. The molecular formula is C21H21N5O2S2. The summed E-state index contributed by atoms with van der Waals surface area (Å²) >= 11 is 2.73. The molecule has 30 heavy (non-hydrogen) atoms. The molecule has 1 unspecified atom stereocenters. The molecule has 1 atom stereocenters. The first-order valence-electron chi connectivity index (χ1n) is 9.45. The van der Waals surface area contributed by atoms with E-state index in [4.69, 9.17) is 0 Å². The summed E-state index contributed by atoms with van der Waals surface area (Å²) < 4.78 is 2.18. The summed E-state index contributed by atoms with van der Waals surface area (Å²) in [5.74, 6) is 1.03. The highest BCUT2D eigenvalue weighted by Gasteiger charge is 2.15. The summed E-state index contributed by atoms with van der Waals surface area (Å²) in [5, 5.41) is 22.9. The summed E-state index contributed by atoms with van der Waals surface area (Å²) in [6.07, 6.45) is -0.547. The van der Waals surface area contributed by atoms with Gasteiger partial charge in [-0.15, -0.1) is 10.2 Å². The SMILES string of the molecule is Cc1ccccc1NCC(O)CSc1nnc(-n2c(C)nc3ccccc3c2=O)s1. The van der Waals surface area contributed by atoms with Crippen LogP contribution in [0.1, 0.15) is 11.4 Å². The normalized spacial score (nSPS) is 12.2. The number of aliphatic hydroxyl groups excluding tert-OH is 1. The van der Waals surface area contributed by atoms with Gasteiger partial charge in [-0.2, -0.15) is 0 Å². The Kier molecular flexibility index (Phi) is 6.12. The van der Waals surface area contributed by atoms with Crippen LogP contribution in [-0.4, -0.2) is 43.3 Å². The van der Waals surface area contributed by atoms with Crippen molar-refractivity contribution in [2.45, 2.75) is 24.3 Å². The number of nitrogens with zero attached hydrogens (tertiary/aromatic N) is 4. The predicted octanol–water partition coefficient (Wildman–Crippen LogP) is 3.42. The molecule has 4 aromatic rings. The van der Waals surface area contributed by atoms with Crippen molar-refractivity contribution in [2.24, 2.45) is 0 Å². The Bertz CT molecular complexity index is 1240. The largest absolute Gasteiger partial charge is 0.390 e. The fourth-order valence-electron chi connectivity index (χ4n) is 3.05. The number of hydrogen-bond donors (Lipinski definition) is 2. The van der Waals surface area contributed by atoms with Crippen LogP contribution in [0.3, 0.4) is 0 Å². The van der Waals surface area contributed by atoms with Crippen molar-refractivity contribution in [3.05, 3.63) is 70.3 Å². The van der Waals surface area contributed by atoms with Gasteiger partial charge >= 0.3 is 0 Å². The van der Waals surface area contributed by atoms with Crippen molar-refractivity contribution in [1.29, 1.82) is 0 Å². The van der Waals surface area contributed by atoms with Gasteiger partial charge in [-0.25, -0.2) is 9.55 Å². The first-order valence-corrected chi connectivity index (χ1v) is 11.3. The van der Waals surface area contributed by atoms with Crippen LogP contribution in [-0.2, 0) is 0 Å². The highest BCUT2D eigenvalue weighted by atomic mass is 32.2. The molecular weight excluding hydrogens is 418 g/mol. The Morgan fingerprint density at radius 2 is 1.90 bits per heavy atom. The third-order valence-corrected chi connectivity index (χ3v) is 6.79. The van der Waals surface area contributed by atoms with Gasteiger partial charge in [0.15, 0.2) is 4.34 Å². The fraction of sp³-hybridized carbons (Fsp3) is 0.238. The quantitative estimate of drug-likeness (QED) is 0.426. The van der Waals surface area contributed by atoms with Gasteiger partial charge in [0.05, 0.1) is 17.0 Å². The van der Waals surface area contributed by atoms with Crippen LogP contribution in [0.2, 0.25) is 0 Å². The van der Waals surface area contributed by atoms with Crippen molar-refractivity contribution < 1.29 is 5.11 Å². The summed E-state index contributed by atoms with van der Waals surface area (Å²) in [6, 6.07) is 15.2. The lowest BCUT2D eigenvalue weighted by Gasteiger charge is -2.13. The number of fused-ring (bicyclic) bond motifs is 1. The highest BCUT2D eigenvalue weighted by Crippen LogP contribution is 2.25. The maximum atomic E-state index is 12.9. The molecule has 0 bridgehead atoms. The lowest BCUT2D eigenvalue weighted by Crippen LogP contribution is -2.22. The Hall–Kier alpha value is -2.75.